The summed E-state index contributed by atoms with van der Waals surface area (Å²) in [6.45, 7) is 10.6. The molecule has 2 aromatic heterocycles. The van der Waals surface area contributed by atoms with E-state index in [0.717, 1.165) is 13.1 Å². The zero-order chi connectivity index (χ0) is 16.6. The highest BCUT2D eigenvalue weighted by Gasteiger charge is 2.40. The van der Waals surface area contributed by atoms with Crippen LogP contribution in [0.15, 0.2) is 18.6 Å². The van der Waals surface area contributed by atoms with Crippen molar-refractivity contribution in [1.29, 1.82) is 0 Å². The maximum absolute atomic E-state index is 10.9. The van der Waals surface area contributed by atoms with Crippen molar-refractivity contribution < 1.29 is 5.11 Å². The molecule has 1 atom stereocenters. The zero-order valence-corrected chi connectivity index (χ0v) is 14.3. The quantitative estimate of drug-likeness (QED) is 0.909. The minimum atomic E-state index is -0.902. The maximum atomic E-state index is 10.9. The highest BCUT2D eigenvalue weighted by atomic mass is 16.3. The lowest BCUT2D eigenvalue weighted by Crippen LogP contribution is -2.31. The molecule has 1 unspecified atom stereocenters. The van der Waals surface area contributed by atoms with E-state index < -0.39 is 5.60 Å². The fourth-order valence-electron chi connectivity index (χ4n) is 2.96. The van der Waals surface area contributed by atoms with Crippen LogP contribution in [0.1, 0.15) is 57.5 Å². The highest BCUT2D eigenvalue weighted by Crippen LogP contribution is 2.31. The molecular formula is C16H26N6O. The van der Waals surface area contributed by atoms with Gasteiger partial charge in [-0.05, 0) is 34.1 Å². The smallest absolute Gasteiger partial charge is 0.124 e. The minimum Gasteiger partial charge on any atom is -0.382 e. The average Bonchev–Trinajstić information content (AvgIpc) is 3.19. The first-order chi connectivity index (χ1) is 10.9. The van der Waals surface area contributed by atoms with Crippen LogP contribution in [0, 0.1) is 0 Å². The molecule has 2 aromatic rings. The minimum absolute atomic E-state index is 0.249. The van der Waals surface area contributed by atoms with Crippen molar-refractivity contribution in [3.05, 3.63) is 29.8 Å². The second-order valence-electron chi connectivity index (χ2n) is 7.09. The van der Waals surface area contributed by atoms with Crippen molar-refractivity contribution in [1.82, 2.24) is 29.7 Å². The lowest BCUT2D eigenvalue weighted by Gasteiger charge is -2.20. The van der Waals surface area contributed by atoms with Crippen LogP contribution in [0.4, 0.5) is 0 Å². The summed E-state index contributed by atoms with van der Waals surface area (Å²) >= 11 is 0. The molecule has 126 valence electrons. The summed E-state index contributed by atoms with van der Waals surface area (Å²) in [5.74, 6) is 0. The molecule has 23 heavy (non-hydrogen) atoms. The van der Waals surface area contributed by atoms with Gasteiger partial charge in [0, 0.05) is 43.5 Å². The Morgan fingerprint density at radius 2 is 1.91 bits per heavy atom. The van der Waals surface area contributed by atoms with E-state index in [9.17, 15) is 5.11 Å². The van der Waals surface area contributed by atoms with Crippen LogP contribution < -0.4 is 0 Å². The molecule has 0 aliphatic carbocycles. The van der Waals surface area contributed by atoms with Gasteiger partial charge in [-0.15, -0.1) is 5.10 Å². The fourth-order valence-corrected chi connectivity index (χ4v) is 2.96. The molecule has 0 aromatic carbocycles. The number of rotatable bonds is 5. The molecule has 0 bridgehead atoms. The third-order valence-electron chi connectivity index (χ3n) is 4.43. The summed E-state index contributed by atoms with van der Waals surface area (Å²) in [4.78, 5) is 2.25. The van der Waals surface area contributed by atoms with Gasteiger partial charge in [0.2, 0.25) is 0 Å². The largest absolute Gasteiger partial charge is 0.382 e. The number of hydrogen-bond donors (Lipinski definition) is 1. The van der Waals surface area contributed by atoms with Gasteiger partial charge < -0.3 is 5.11 Å². The monoisotopic (exact) mass is 318 g/mol. The van der Waals surface area contributed by atoms with Gasteiger partial charge in [-0.1, -0.05) is 5.21 Å². The molecule has 7 nitrogen and oxygen atoms in total. The van der Waals surface area contributed by atoms with Crippen LogP contribution in [0.5, 0.6) is 0 Å². The molecule has 3 heterocycles. The molecule has 1 fully saturated rings. The van der Waals surface area contributed by atoms with E-state index in [1.54, 1.807) is 4.68 Å². The molecule has 0 saturated carbocycles. The predicted molar refractivity (Wildman–Crippen MR) is 86.8 cm³/mol. The summed E-state index contributed by atoms with van der Waals surface area (Å²) in [5.41, 5.74) is 0.946. The first kappa shape index (κ1) is 16.1. The van der Waals surface area contributed by atoms with E-state index in [0.29, 0.717) is 24.7 Å². The normalized spacial score (nSPS) is 22.6. The molecule has 0 spiro atoms. The molecule has 7 heteroatoms. The maximum Gasteiger partial charge on any atom is 0.124 e. The molecule has 1 N–H and O–H groups in total. The molecule has 3 rings (SSSR count). The third-order valence-corrected chi connectivity index (χ3v) is 4.43. The van der Waals surface area contributed by atoms with Gasteiger partial charge in [0.15, 0.2) is 0 Å². The van der Waals surface area contributed by atoms with Crippen LogP contribution in [0.25, 0.3) is 0 Å². The van der Waals surface area contributed by atoms with Crippen molar-refractivity contribution >= 4 is 0 Å². The number of β-amino-alcohol motifs (C(OH)–C–C–N with tert-alkyl or cyclic N) is 1. The Morgan fingerprint density at radius 1 is 1.17 bits per heavy atom. The summed E-state index contributed by atoms with van der Waals surface area (Å²) in [6.07, 6.45) is 6.54. The van der Waals surface area contributed by atoms with Gasteiger partial charge in [0.05, 0.1) is 12.4 Å². The molecule has 1 saturated heterocycles. The van der Waals surface area contributed by atoms with Crippen LogP contribution in [0.3, 0.4) is 0 Å². The van der Waals surface area contributed by atoms with Crippen molar-refractivity contribution in [3.8, 4) is 0 Å². The second-order valence-corrected chi connectivity index (χ2v) is 7.09. The summed E-state index contributed by atoms with van der Waals surface area (Å²) < 4.78 is 3.76. The van der Waals surface area contributed by atoms with E-state index >= 15 is 0 Å². The van der Waals surface area contributed by atoms with Gasteiger partial charge in [-0.25, -0.2) is 4.68 Å². The van der Waals surface area contributed by atoms with Crippen molar-refractivity contribution in [2.45, 2.75) is 58.3 Å². The summed E-state index contributed by atoms with van der Waals surface area (Å²) in [7, 11) is 0. The van der Waals surface area contributed by atoms with Gasteiger partial charge >= 0.3 is 0 Å². The molecular weight excluding hydrogens is 292 g/mol. The second kappa shape index (κ2) is 6.05. The van der Waals surface area contributed by atoms with Crippen molar-refractivity contribution in [3.63, 3.8) is 0 Å². The van der Waals surface area contributed by atoms with E-state index in [1.807, 2.05) is 17.1 Å². The van der Waals surface area contributed by atoms with Crippen LogP contribution in [-0.2, 0) is 12.1 Å². The Balaban J connectivity index is 1.66. The Morgan fingerprint density at radius 3 is 2.52 bits per heavy atom. The topological polar surface area (TPSA) is 72.0 Å². The average molecular weight is 318 g/mol. The van der Waals surface area contributed by atoms with Gasteiger partial charge in [0.1, 0.15) is 11.3 Å². The van der Waals surface area contributed by atoms with Crippen LogP contribution in [-0.4, -0.2) is 47.9 Å². The first-order valence-corrected chi connectivity index (χ1v) is 8.27. The standard InChI is InChI=1S/C16H26N6O/c1-12(2)21-9-14(7-17-21)8-20-6-5-16(23,11-20)15-10-22(13(3)4)19-18-15/h7,9-10,12-13,23H,5-6,8,11H2,1-4H3. The van der Waals surface area contributed by atoms with Crippen molar-refractivity contribution in [2.24, 2.45) is 0 Å². The van der Waals surface area contributed by atoms with E-state index in [4.69, 9.17) is 0 Å². The zero-order valence-electron chi connectivity index (χ0n) is 14.3. The lowest BCUT2D eigenvalue weighted by atomic mass is 10.00. The number of aromatic nitrogens is 5. The molecule has 1 aliphatic heterocycles. The van der Waals surface area contributed by atoms with Gasteiger partial charge in [0.25, 0.3) is 0 Å². The number of hydrogen-bond acceptors (Lipinski definition) is 5. The highest BCUT2D eigenvalue weighted by molar-refractivity contribution is 5.13. The SMILES string of the molecule is CC(C)n1cc(CN2CCC(O)(c3cn(C(C)C)nn3)C2)cn1. The van der Waals surface area contributed by atoms with E-state index in [1.165, 1.54) is 5.56 Å². The predicted octanol–water partition coefficient (Wildman–Crippen LogP) is 1.73. The lowest BCUT2D eigenvalue weighted by molar-refractivity contribution is 0.0408. The van der Waals surface area contributed by atoms with Crippen LogP contribution in [0.2, 0.25) is 0 Å². The van der Waals surface area contributed by atoms with Crippen molar-refractivity contribution in [2.75, 3.05) is 13.1 Å². The van der Waals surface area contributed by atoms with E-state index in [2.05, 4.69) is 54.2 Å². The first-order valence-electron chi connectivity index (χ1n) is 8.27. The number of aliphatic hydroxyl groups is 1. The van der Waals surface area contributed by atoms with Gasteiger partial charge in [-0.2, -0.15) is 5.10 Å². The van der Waals surface area contributed by atoms with Crippen LogP contribution >= 0.6 is 0 Å². The molecule has 0 amide bonds. The summed E-state index contributed by atoms with van der Waals surface area (Å²) in [6, 6.07) is 0.615. The Kier molecular flexibility index (Phi) is 4.25. The molecule has 1 aliphatic rings. The number of likely N-dealkylation sites (tertiary alicyclic amines) is 1. The Hall–Kier alpha value is -1.73. The Bertz CT molecular complexity index is 661. The Labute approximate surface area is 136 Å². The number of nitrogens with zero attached hydrogens (tertiary/aromatic N) is 6. The summed E-state index contributed by atoms with van der Waals surface area (Å²) in [5, 5.41) is 23.6. The van der Waals surface area contributed by atoms with E-state index in [-0.39, 0.29) is 6.04 Å². The third kappa shape index (κ3) is 3.30. The van der Waals surface area contributed by atoms with Gasteiger partial charge in [-0.3, -0.25) is 9.58 Å². The molecule has 0 radical (unpaired) electrons. The fraction of sp³-hybridized carbons (Fsp3) is 0.688.